The van der Waals surface area contributed by atoms with Gasteiger partial charge in [0.25, 0.3) is 0 Å². The van der Waals surface area contributed by atoms with Gasteiger partial charge in [-0.1, -0.05) is 30.3 Å². The van der Waals surface area contributed by atoms with Crippen LogP contribution in [-0.2, 0) is 0 Å². The molecule has 0 aliphatic rings. The van der Waals surface area contributed by atoms with Crippen molar-refractivity contribution in [1.29, 1.82) is 0 Å². The first-order valence-electron chi connectivity index (χ1n) is 5.53. The first-order valence-corrected chi connectivity index (χ1v) is 5.53. The first-order chi connectivity index (χ1) is 7.61. The maximum Gasteiger partial charge on any atom is 0.0726 e. The van der Waals surface area contributed by atoms with Crippen LogP contribution < -0.4 is 5.01 Å². The van der Waals surface area contributed by atoms with Crippen LogP contribution in [0.3, 0.4) is 0 Å². The third-order valence-corrected chi connectivity index (χ3v) is 2.97. The summed E-state index contributed by atoms with van der Waals surface area (Å²) in [5, 5.41) is 2.10. The Labute approximate surface area is 97.1 Å². The maximum atomic E-state index is 2.19. The Morgan fingerprint density at radius 3 is 2.19 bits per heavy atom. The molecule has 1 aromatic carbocycles. The summed E-state index contributed by atoms with van der Waals surface area (Å²) in [5.41, 5.74) is 5.22. The lowest BCUT2D eigenvalue weighted by Gasteiger charge is -2.18. The van der Waals surface area contributed by atoms with Gasteiger partial charge in [-0.3, -0.25) is 4.68 Å². The summed E-state index contributed by atoms with van der Waals surface area (Å²) in [6.45, 7) is 4.33. The van der Waals surface area contributed by atoms with Crippen molar-refractivity contribution in [3.05, 3.63) is 47.7 Å². The number of aryl methyl sites for hydroxylation is 1. The van der Waals surface area contributed by atoms with E-state index in [4.69, 9.17) is 0 Å². The molecule has 2 heteroatoms. The molecule has 2 aromatic rings. The van der Waals surface area contributed by atoms with Crippen molar-refractivity contribution in [2.24, 2.45) is 0 Å². The summed E-state index contributed by atoms with van der Waals surface area (Å²) in [6, 6.07) is 10.5. The van der Waals surface area contributed by atoms with Gasteiger partial charge in [-0.15, -0.1) is 0 Å². The Kier molecular flexibility index (Phi) is 2.73. The molecule has 0 saturated heterocycles. The highest BCUT2D eigenvalue weighted by Crippen LogP contribution is 2.26. The van der Waals surface area contributed by atoms with Gasteiger partial charge in [-0.25, -0.2) is 0 Å². The molecule has 0 saturated carbocycles. The highest BCUT2D eigenvalue weighted by molar-refractivity contribution is 5.66. The highest BCUT2D eigenvalue weighted by atomic mass is 15.5. The molecule has 0 amide bonds. The summed E-state index contributed by atoms with van der Waals surface area (Å²) in [6.07, 6.45) is 2.18. The number of aromatic nitrogens is 1. The summed E-state index contributed by atoms with van der Waals surface area (Å²) in [4.78, 5) is 0. The van der Waals surface area contributed by atoms with Gasteiger partial charge in [0.1, 0.15) is 0 Å². The van der Waals surface area contributed by atoms with Crippen LogP contribution in [0.15, 0.2) is 36.5 Å². The molecule has 0 unspecified atom stereocenters. The molecule has 1 aromatic heterocycles. The van der Waals surface area contributed by atoms with Crippen molar-refractivity contribution in [3.63, 3.8) is 0 Å². The third-order valence-electron chi connectivity index (χ3n) is 2.97. The Morgan fingerprint density at radius 1 is 1.00 bits per heavy atom. The number of hydrogen-bond donors (Lipinski definition) is 0. The largest absolute Gasteiger partial charge is 0.319 e. The van der Waals surface area contributed by atoms with Crippen LogP contribution in [-0.4, -0.2) is 18.8 Å². The fourth-order valence-electron chi connectivity index (χ4n) is 1.96. The van der Waals surface area contributed by atoms with Gasteiger partial charge >= 0.3 is 0 Å². The predicted molar refractivity (Wildman–Crippen MR) is 69.4 cm³/mol. The minimum absolute atomic E-state index is 1.27. The molecular formula is C14H18N2. The summed E-state index contributed by atoms with van der Waals surface area (Å²) >= 11 is 0. The first kappa shape index (κ1) is 10.8. The molecule has 0 atom stereocenters. The lowest BCUT2D eigenvalue weighted by atomic mass is 10.1. The van der Waals surface area contributed by atoms with E-state index < -0.39 is 0 Å². The number of hydrogen-bond acceptors (Lipinski definition) is 1. The van der Waals surface area contributed by atoms with E-state index in [2.05, 4.69) is 74.2 Å². The van der Waals surface area contributed by atoms with Gasteiger partial charge in [0.2, 0.25) is 0 Å². The second kappa shape index (κ2) is 4.05. The minimum atomic E-state index is 1.27. The maximum absolute atomic E-state index is 2.19. The Balaban J connectivity index is 2.64. The Hall–Kier alpha value is -1.70. The van der Waals surface area contributed by atoms with Crippen LogP contribution in [0.1, 0.15) is 11.1 Å². The summed E-state index contributed by atoms with van der Waals surface area (Å²) in [7, 11) is 4.12. The monoisotopic (exact) mass is 214 g/mol. The van der Waals surface area contributed by atoms with Gasteiger partial charge in [0, 0.05) is 25.9 Å². The van der Waals surface area contributed by atoms with Gasteiger partial charge in [-0.2, -0.15) is 0 Å². The van der Waals surface area contributed by atoms with E-state index in [-0.39, 0.29) is 0 Å². The van der Waals surface area contributed by atoms with Crippen molar-refractivity contribution < 1.29 is 0 Å². The number of nitrogens with zero attached hydrogens (tertiary/aromatic N) is 2. The highest BCUT2D eigenvalue weighted by Gasteiger charge is 2.12. The fraction of sp³-hybridized carbons (Fsp3) is 0.286. The van der Waals surface area contributed by atoms with Crippen LogP contribution in [0.25, 0.3) is 11.3 Å². The van der Waals surface area contributed by atoms with E-state index in [9.17, 15) is 0 Å². The molecular weight excluding hydrogens is 196 g/mol. The molecule has 16 heavy (non-hydrogen) atoms. The molecule has 0 aliphatic heterocycles. The topological polar surface area (TPSA) is 8.17 Å². The predicted octanol–water partition coefficient (Wildman–Crippen LogP) is 2.97. The molecule has 0 radical (unpaired) electrons. The average Bonchev–Trinajstić information content (AvgIpc) is 2.57. The Morgan fingerprint density at radius 2 is 1.62 bits per heavy atom. The molecule has 0 N–H and O–H groups in total. The quantitative estimate of drug-likeness (QED) is 0.746. The van der Waals surface area contributed by atoms with E-state index in [1.807, 2.05) is 0 Å². The lowest BCUT2D eigenvalue weighted by Crippen LogP contribution is -2.24. The van der Waals surface area contributed by atoms with Crippen molar-refractivity contribution in [1.82, 2.24) is 4.68 Å². The fourth-order valence-corrected chi connectivity index (χ4v) is 1.96. The summed E-state index contributed by atoms with van der Waals surface area (Å²) < 4.78 is 2.19. The van der Waals surface area contributed by atoms with E-state index in [0.717, 1.165) is 0 Å². The minimum Gasteiger partial charge on any atom is -0.319 e. The normalized spacial score (nSPS) is 10.5. The molecule has 0 spiro atoms. The Bertz CT molecular complexity index is 481. The van der Waals surface area contributed by atoms with Crippen LogP contribution >= 0.6 is 0 Å². The second-order valence-corrected chi connectivity index (χ2v) is 4.34. The van der Waals surface area contributed by atoms with E-state index in [1.54, 1.807) is 0 Å². The van der Waals surface area contributed by atoms with Crippen LogP contribution in [0.5, 0.6) is 0 Å². The van der Waals surface area contributed by atoms with E-state index in [1.165, 1.54) is 22.4 Å². The van der Waals surface area contributed by atoms with Gasteiger partial charge in [0.15, 0.2) is 0 Å². The van der Waals surface area contributed by atoms with Gasteiger partial charge < -0.3 is 5.01 Å². The molecule has 2 rings (SSSR count). The van der Waals surface area contributed by atoms with E-state index in [0.29, 0.717) is 0 Å². The van der Waals surface area contributed by atoms with Crippen LogP contribution in [0.2, 0.25) is 0 Å². The smallest absolute Gasteiger partial charge is 0.0726 e. The standard InChI is InChI=1S/C14H18N2/c1-11-10-16(15(3)4)14(12(11)2)13-8-6-5-7-9-13/h5-10H,1-4H3. The van der Waals surface area contributed by atoms with Crippen molar-refractivity contribution in [2.75, 3.05) is 19.1 Å². The molecule has 1 heterocycles. The summed E-state index contributed by atoms with van der Waals surface area (Å²) in [5.74, 6) is 0. The van der Waals surface area contributed by atoms with Crippen molar-refractivity contribution in [3.8, 4) is 11.3 Å². The number of benzene rings is 1. The van der Waals surface area contributed by atoms with E-state index >= 15 is 0 Å². The van der Waals surface area contributed by atoms with Gasteiger partial charge in [-0.05, 0) is 25.0 Å². The third kappa shape index (κ3) is 1.71. The number of rotatable bonds is 2. The SMILES string of the molecule is Cc1cn(N(C)C)c(-c2ccccc2)c1C. The average molecular weight is 214 g/mol. The van der Waals surface area contributed by atoms with Crippen LogP contribution in [0, 0.1) is 13.8 Å². The van der Waals surface area contributed by atoms with Crippen LogP contribution in [0.4, 0.5) is 0 Å². The molecule has 0 fully saturated rings. The van der Waals surface area contributed by atoms with Crippen molar-refractivity contribution >= 4 is 0 Å². The molecule has 2 nitrogen and oxygen atoms in total. The molecule has 0 aliphatic carbocycles. The zero-order valence-corrected chi connectivity index (χ0v) is 10.4. The zero-order chi connectivity index (χ0) is 11.7. The van der Waals surface area contributed by atoms with Crippen molar-refractivity contribution in [2.45, 2.75) is 13.8 Å². The molecule has 84 valence electrons. The molecule has 0 bridgehead atoms. The van der Waals surface area contributed by atoms with Gasteiger partial charge in [0.05, 0.1) is 5.69 Å². The second-order valence-electron chi connectivity index (χ2n) is 4.34. The lowest BCUT2D eigenvalue weighted by molar-refractivity contribution is 0.741. The zero-order valence-electron chi connectivity index (χ0n) is 10.4.